The lowest BCUT2D eigenvalue weighted by Gasteiger charge is -2.30. The number of sulfone groups is 1. The third-order valence-electron chi connectivity index (χ3n) is 6.67. The zero-order valence-corrected chi connectivity index (χ0v) is 22.6. The summed E-state index contributed by atoms with van der Waals surface area (Å²) in [6, 6.07) is 9.33. The molecule has 1 aliphatic rings. The Bertz CT molecular complexity index is 1540. The van der Waals surface area contributed by atoms with E-state index in [2.05, 4.69) is 27.4 Å². The molecule has 1 aliphatic heterocycles. The van der Waals surface area contributed by atoms with Crippen LogP contribution in [0.3, 0.4) is 0 Å². The third-order valence-corrected chi connectivity index (χ3v) is 7.78. The second kappa shape index (κ2) is 11.2. The molecule has 0 aliphatic carbocycles. The van der Waals surface area contributed by atoms with Crippen molar-refractivity contribution in [1.82, 2.24) is 9.47 Å². The van der Waals surface area contributed by atoms with Crippen molar-refractivity contribution in [2.75, 3.05) is 43.6 Å². The molecule has 0 amide bonds. The molecular formula is C27H28F6N4O2S. The monoisotopic (exact) mass is 586 g/mol. The molecule has 0 saturated carbocycles. The maximum Gasteiger partial charge on any atom is 0.418 e. The average Bonchev–Trinajstić information content (AvgIpc) is 3.19. The van der Waals surface area contributed by atoms with Gasteiger partial charge in [0.25, 0.3) is 0 Å². The molecule has 40 heavy (non-hydrogen) atoms. The summed E-state index contributed by atoms with van der Waals surface area (Å²) in [5.41, 5.74) is -0.490. The number of benzene rings is 2. The number of nitrogens with zero attached hydrogens (tertiary/aromatic N) is 2. The molecule has 6 nitrogen and oxygen atoms in total. The summed E-state index contributed by atoms with van der Waals surface area (Å²) in [5.74, 6) is 5.27. The quantitative estimate of drug-likeness (QED) is 0.291. The first-order valence-electron chi connectivity index (χ1n) is 12.4. The smallest absolute Gasteiger partial charge is 0.382 e. The number of likely N-dealkylation sites (tertiary alicyclic amines) is 1. The van der Waals surface area contributed by atoms with Gasteiger partial charge in [-0.2, -0.15) is 26.3 Å². The van der Waals surface area contributed by atoms with Crippen molar-refractivity contribution in [3.05, 3.63) is 53.7 Å². The highest BCUT2D eigenvalue weighted by Gasteiger charge is 2.34. The van der Waals surface area contributed by atoms with E-state index in [1.807, 2.05) is 7.05 Å². The first kappa shape index (κ1) is 29.6. The number of anilines is 2. The Morgan fingerprint density at radius 2 is 1.70 bits per heavy atom. The average molecular weight is 587 g/mol. The lowest BCUT2D eigenvalue weighted by atomic mass is 10.0. The molecular weight excluding hydrogens is 558 g/mol. The summed E-state index contributed by atoms with van der Waals surface area (Å²) in [7, 11) is -1.84. The standard InChI is InChI=1S/C27H28F6N4O2S/c1-36-13-10-18(11-14-36)35-23-6-3-7-25-21(23)15-19(37(25)17-26(28,29)30)5-4-12-34-24-9-8-20(40(2,38)39)16-22(24)27(31,32)33/h3,6-9,15-16,18,34-35H,10-14,17H2,1-2H3. The second-order valence-electron chi connectivity index (χ2n) is 9.82. The third kappa shape index (κ3) is 7.22. The minimum absolute atomic E-state index is 0.0650. The fraction of sp³-hybridized carbons (Fsp3) is 0.407. The fourth-order valence-corrected chi connectivity index (χ4v) is 5.30. The largest absolute Gasteiger partial charge is 0.418 e. The molecule has 1 aromatic heterocycles. The number of aromatic nitrogens is 1. The van der Waals surface area contributed by atoms with Gasteiger partial charge in [-0.25, -0.2) is 8.42 Å². The zero-order valence-electron chi connectivity index (χ0n) is 21.7. The Balaban J connectivity index is 1.62. The molecule has 2 aromatic carbocycles. The molecule has 0 radical (unpaired) electrons. The lowest BCUT2D eigenvalue weighted by Crippen LogP contribution is -2.36. The predicted octanol–water partition coefficient (Wildman–Crippen LogP) is 5.60. The number of alkyl halides is 6. The predicted molar refractivity (Wildman–Crippen MR) is 142 cm³/mol. The molecule has 1 saturated heterocycles. The van der Waals surface area contributed by atoms with Crippen LogP contribution in [0, 0.1) is 11.8 Å². The van der Waals surface area contributed by atoms with Gasteiger partial charge in [-0.15, -0.1) is 0 Å². The van der Waals surface area contributed by atoms with E-state index < -0.39 is 44.9 Å². The van der Waals surface area contributed by atoms with Gasteiger partial charge in [0.1, 0.15) is 6.54 Å². The number of rotatable bonds is 6. The first-order chi connectivity index (χ1) is 18.6. The van der Waals surface area contributed by atoms with Gasteiger partial charge in [-0.1, -0.05) is 12.0 Å². The van der Waals surface area contributed by atoms with Gasteiger partial charge >= 0.3 is 12.4 Å². The minimum atomic E-state index is -4.84. The Labute approximate surface area is 228 Å². The Morgan fingerprint density at radius 1 is 1.00 bits per heavy atom. The van der Waals surface area contributed by atoms with Crippen LogP contribution >= 0.6 is 0 Å². The second-order valence-corrected chi connectivity index (χ2v) is 11.8. The van der Waals surface area contributed by atoms with Crippen LogP contribution in [0.2, 0.25) is 0 Å². The molecule has 2 N–H and O–H groups in total. The van der Waals surface area contributed by atoms with Crippen LogP contribution in [-0.2, 0) is 22.6 Å². The van der Waals surface area contributed by atoms with Gasteiger partial charge in [0.2, 0.25) is 0 Å². The van der Waals surface area contributed by atoms with E-state index >= 15 is 0 Å². The number of halogens is 6. The van der Waals surface area contributed by atoms with Crippen LogP contribution in [0.1, 0.15) is 24.1 Å². The summed E-state index contributed by atoms with van der Waals surface area (Å²) >= 11 is 0. The zero-order chi connectivity index (χ0) is 29.3. The highest BCUT2D eigenvalue weighted by Crippen LogP contribution is 2.36. The van der Waals surface area contributed by atoms with Crippen LogP contribution in [0.25, 0.3) is 10.9 Å². The van der Waals surface area contributed by atoms with Gasteiger partial charge in [0.15, 0.2) is 9.84 Å². The molecule has 216 valence electrons. The molecule has 3 aromatic rings. The highest BCUT2D eigenvalue weighted by atomic mass is 32.2. The SMILES string of the molecule is CN1CCC(Nc2cccc3c2cc(C#CCNc2ccc(S(C)(=O)=O)cc2C(F)(F)F)n3CC(F)(F)F)CC1. The summed E-state index contributed by atoms with van der Waals surface area (Å²) in [6.07, 6.45) is -6.79. The van der Waals surface area contributed by atoms with Crippen molar-refractivity contribution in [3.63, 3.8) is 0 Å². The van der Waals surface area contributed by atoms with Crippen molar-refractivity contribution < 1.29 is 34.8 Å². The molecule has 0 atom stereocenters. The van der Waals surface area contributed by atoms with Gasteiger partial charge in [0.05, 0.1) is 28.2 Å². The van der Waals surface area contributed by atoms with Crippen LogP contribution in [0.5, 0.6) is 0 Å². The fourth-order valence-electron chi connectivity index (χ4n) is 4.65. The summed E-state index contributed by atoms with van der Waals surface area (Å²) in [6.45, 7) is 0.200. The minimum Gasteiger partial charge on any atom is -0.382 e. The first-order valence-corrected chi connectivity index (χ1v) is 14.3. The van der Waals surface area contributed by atoms with Crippen molar-refractivity contribution >= 4 is 32.1 Å². The number of nitrogens with one attached hydrogen (secondary N) is 2. The van der Waals surface area contributed by atoms with Gasteiger partial charge in [-0.3, -0.25) is 0 Å². The van der Waals surface area contributed by atoms with E-state index in [1.54, 1.807) is 24.3 Å². The lowest BCUT2D eigenvalue weighted by molar-refractivity contribution is -0.140. The summed E-state index contributed by atoms with van der Waals surface area (Å²) < 4.78 is 106. The topological polar surface area (TPSA) is 66.4 Å². The molecule has 1 fully saturated rings. The van der Waals surface area contributed by atoms with Crippen LogP contribution in [-0.4, -0.2) is 63.0 Å². The van der Waals surface area contributed by atoms with Crippen molar-refractivity contribution in [2.45, 2.75) is 42.7 Å². The number of piperidine rings is 1. The summed E-state index contributed by atoms with van der Waals surface area (Å²) in [4.78, 5) is 1.72. The van der Waals surface area contributed by atoms with Crippen molar-refractivity contribution in [1.29, 1.82) is 0 Å². The Morgan fingerprint density at radius 3 is 2.33 bits per heavy atom. The molecule has 0 unspecified atom stereocenters. The number of hydrogen-bond acceptors (Lipinski definition) is 5. The maximum atomic E-state index is 13.6. The molecule has 4 rings (SSSR count). The Kier molecular flexibility index (Phi) is 8.33. The number of fused-ring (bicyclic) bond motifs is 1. The van der Waals surface area contributed by atoms with E-state index in [-0.39, 0.29) is 18.3 Å². The van der Waals surface area contributed by atoms with Gasteiger partial charge in [0, 0.05) is 29.1 Å². The van der Waals surface area contributed by atoms with E-state index in [0.717, 1.165) is 48.9 Å². The molecule has 0 spiro atoms. The molecule has 2 heterocycles. The van der Waals surface area contributed by atoms with E-state index in [4.69, 9.17) is 0 Å². The number of hydrogen-bond donors (Lipinski definition) is 2. The molecule has 13 heteroatoms. The van der Waals surface area contributed by atoms with Crippen LogP contribution < -0.4 is 10.6 Å². The normalized spacial score (nSPS) is 15.6. The van der Waals surface area contributed by atoms with Crippen LogP contribution in [0.4, 0.5) is 37.7 Å². The van der Waals surface area contributed by atoms with Crippen molar-refractivity contribution in [2.24, 2.45) is 0 Å². The Hall–Kier alpha value is -3.37. The maximum absolute atomic E-state index is 13.6. The molecule has 0 bridgehead atoms. The van der Waals surface area contributed by atoms with E-state index in [1.165, 1.54) is 0 Å². The van der Waals surface area contributed by atoms with Crippen molar-refractivity contribution in [3.8, 4) is 11.8 Å². The van der Waals surface area contributed by atoms with E-state index in [0.29, 0.717) is 22.7 Å². The highest BCUT2D eigenvalue weighted by molar-refractivity contribution is 7.90. The van der Waals surface area contributed by atoms with Gasteiger partial charge < -0.3 is 20.1 Å². The van der Waals surface area contributed by atoms with E-state index in [9.17, 15) is 34.8 Å². The van der Waals surface area contributed by atoms with Gasteiger partial charge in [-0.05, 0) is 75.3 Å². The summed E-state index contributed by atoms with van der Waals surface area (Å²) in [5, 5.41) is 6.51. The van der Waals surface area contributed by atoms with Crippen LogP contribution in [0.15, 0.2) is 47.4 Å².